The highest BCUT2D eigenvalue weighted by molar-refractivity contribution is 5.76. The summed E-state index contributed by atoms with van der Waals surface area (Å²) >= 11 is 0. The van der Waals surface area contributed by atoms with Crippen molar-refractivity contribution in [3.63, 3.8) is 0 Å². The van der Waals surface area contributed by atoms with Crippen LogP contribution in [0.4, 0.5) is 0 Å². The van der Waals surface area contributed by atoms with E-state index in [1.807, 2.05) is 0 Å². The van der Waals surface area contributed by atoms with Crippen LogP contribution in [-0.2, 0) is 0 Å². The molecule has 0 unspecified atom stereocenters. The molecule has 0 radical (unpaired) electrons. The quantitative estimate of drug-likeness (QED) is 0.129. The van der Waals surface area contributed by atoms with Crippen molar-refractivity contribution in [1.29, 1.82) is 0 Å². The first kappa shape index (κ1) is 13.5. The Bertz CT molecular complexity index is 295. The second-order valence-electron chi connectivity index (χ2n) is 2.84. The Morgan fingerprint density at radius 1 is 0.625 bits per heavy atom. The molecule has 0 aliphatic carbocycles. The van der Waals surface area contributed by atoms with Gasteiger partial charge in [0.15, 0.2) is 0 Å². The molecule has 16 N–H and O–H groups in total. The lowest BCUT2D eigenvalue weighted by atomic mass is 10.6. The van der Waals surface area contributed by atoms with Crippen LogP contribution in [0.5, 0.6) is 0 Å². The maximum Gasteiger partial charge on any atom is 0.517 e. The molecule has 90 valence electrons. The van der Waals surface area contributed by atoms with Gasteiger partial charge in [0.2, 0.25) is 0 Å². The summed E-state index contributed by atoms with van der Waals surface area (Å²) in [5, 5.41) is 0. The van der Waals surface area contributed by atoms with E-state index >= 15 is 0 Å². The van der Waals surface area contributed by atoms with Crippen LogP contribution in [0.2, 0.25) is 0 Å². The summed E-state index contributed by atoms with van der Waals surface area (Å²) in [6.07, 6.45) is 0. The third-order valence-corrected chi connectivity index (χ3v) is 1.31. The maximum atomic E-state index is 5.46. The first-order chi connectivity index (χ1) is 7.41. The van der Waals surface area contributed by atoms with Crippen LogP contribution in [0.3, 0.4) is 0 Å². The molecule has 10 nitrogen and oxygen atoms in total. The molecule has 0 atom stereocenters. The van der Waals surface area contributed by atoms with Crippen LogP contribution in [0, 0.1) is 0 Å². The fraction of sp³-hybridized carbons (Fsp3) is 0.333. The molecule has 0 amide bonds. The molecule has 0 aromatic carbocycles. The Balaban J connectivity index is 4.10. The van der Waals surface area contributed by atoms with E-state index in [4.69, 9.17) is 34.4 Å². The van der Waals surface area contributed by atoms with E-state index in [-0.39, 0.29) is 23.8 Å². The SMILES string of the molecule is NC(N)=[NH+]C(N)=[NH+]CC[NH+]=C(N)[NH+]=C(N)N. The van der Waals surface area contributed by atoms with Crippen molar-refractivity contribution in [2.75, 3.05) is 13.1 Å². The second-order valence-corrected chi connectivity index (χ2v) is 2.84. The first-order valence-electron chi connectivity index (χ1n) is 4.44. The summed E-state index contributed by atoms with van der Waals surface area (Å²) in [6.45, 7) is 0.998. The van der Waals surface area contributed by atoms with Gasteiger partial charge >= 0.3 is 17.9 Å². The van der Waals surface area contributed by atoms with Gasteiger partial charge in [-0.15, -0.1) is 4.99 Å². The molecule has 0 saturated heterocycles. The van der Waals surface area contributed by atoms with Crippen molar-refractivity contribution in [2.24, 2.45) is 34.4 Å². The molecule has 0 spiro atoms. The van der Waals surface area contributed by atoms with Crippen LogP contribution in [0.1, 0.15) is 0 Å². The minimum absolute atomic E-state index is 0.0104. The minimum Gasteiger partial charge on any atom is -0.345 e. The number of nitrogens with one attached hydrogen (secondary N) is 4. The average molecular weight is 232 g/mol. The van der Waals surface area contributed by atoms with Gasteiger partial charge in [-0.3, -0.25) is 22.2 Å². The molecule has 0 heterocycles. The van der Waals surface area contributed by atoms with Crippen LogP contribution in [0.15, 0.2) is 0 Å². The van der Waals surface area contributed by atoms with E-state index in [0.717, 1.165) is 0 Å². The highest BCUT2D eigenvalue weighted by Gasteiger charge is 2.02. The largest absolute Gasteiger partial charge is 0.517 e. The van der Waals surface area contributed by atoms with Crippen molar-refractivity contribution < 1.29 is 20.0 Å². The highest BCUT2D eigenvalue weighted by atomic mass is 15.1. The summed E-state index contributed by atoms with van der Waals surface area (Å²) < 4.78 is 0. The molecular weight excluding hydrogens is 212 g/mol. The second kappa shape index (κ2) is 6.86. The van der Waals surface area contributed by atoms with E-state index in [1.165, 1.54) is 0 Å². The van der Waals surface area contributed by atoms with Gasteiger partial charge < -0.3 is 11.5 Å². The Morgan fingerprint density at radius 3 is 1.19 bits per heavy atom. The first-order valence-corrected chi connectivity index (χ1v) is 4.44. The highest BCUT2D eigenvalue weighted by Crippen LogP contribution is 1.23. The van der Waals surface area contributed by atoms with Gasteiger partial charge in [-0.2, -0.15) is 9.98 Å². The number of rotatable bonds is 3. The molecule has 0 fully saturated rings. The Morgan fingerprint density at radius 2 is 0.938 bits per heavy atom. The Labute approximate surface area is 92.2 Å². The van der Waals surface area contributed by atoms with Gasteiger partial charge in [-0.25, -0.2) is 5.73 Å². The molecule has 16 heavy (non-hydrogen) atoms. The van der Waals surface area contributed by atoms with Gasteiger partial charge in [0, 0.05) is 0 Å². The van der Waals surface area contributed by atoms with Gasteiger partial charge in [0.25, 0.3) is 5.96 Å². The van der Waals surface area contributed by atoms with Crippen molar-refractivity contribution in [1.82, 2.24) is 0 Å². The summed E-state index contributed by atoms with van der Waals surface area (Å²) in [7, 11) is 0. The molecule has 0 aliphatic rings. The predicted molar refractivity (Wildman–Crippen MR) is 58.7 cm³/mol. The standard InChI is InChI=1S/C6H16N10/c7-3(8)15-5(11)13-1-2-14-6(12)16-4(9)10/h1-2H2,(H6,7,8,11,13,15)(H6,9,10,12,14,16)/p+4. The number of nitrogens with two attached hydrogens (primary N) is 6. The Hall–Kier alpha value is -2.52. The van der Waals surface area contributed by atoms with Crippen molar-refractivity contribution in [2.45, 2.75) is 0 Å². The van der Waals surface area contributed by atoms with E-state index in [2.05, 4.69) is 20.0 Å². The van der Waals surface area contributed by atoms with Crippen molar-refractivity contribution >= 4 is 23.8 Å². The zero-order valence-corrected chi connectivity index (χ0v) is 8.88. The summed E-state index contributed by atoms with van der Waals surface area (Å²) in [5.74, 6) is 0.517. The van der Waals surface area contributed by atoms with Crippen LogP contribution in [-0.4, -0.2) is 36.9 Å². The van der Waals surface area contributed by atoms with Gasteiger partial charge in [0.05, 0.1) is 0 Å². The fourth-order valence-electron chi connectivity index (χ4n) is 0.794. The van der Waals surface area contributed by atoms with Gasteiger partial charge in [-0.1, -0.05) is 0 Å². The number of hydrogen-bond donors (Lipinski definition) is 10. The molecular formula is C6H20N10+4. The zero-order valence-electron chi connectivity index (χ0n) is 8.88. The van der Waals surface area contributed by atoms with Gasteiger partial charge in [-0.05, 0) is 0 Å². The Kier molecular flexibility index (Phi) is 5.78. The van der Waals surface area contributed by atoms with Crippen LogP contribution < -0.4 is 54.4 Å². The monoisotopic (exact) mass is 232 g/mol. The molecule has 0 aromatic rings. The lowest BCUT2D eigenvalue weighted by Gasteiger charge is -1.86. The minimum atomic E-state index is 0.0104. The summed E-state index contributed by atoms with van der Waals surface area (Å²) in [6, 6.07) is 0. The zero-order chi connectivity index (χ0) is 12.6. The maximum absolute atomic E-state index is 5.46. The molecule has 0 aliphatic heterocycles. The third-order valence-electron chi connectivity index (χ3n) is 1.31. The smallest absolute Gasteiger partial charge is 0.345 e. The van der Waals surface area contributed by atoms with E-state index < -0.39 is 0 Å². The number of guanidine groups is 4. The molecule has 0 rings (SSSR count). The topological polar surface area (TPSA) is 212 Å². The van der Waals surface area contributed by atoms with E-state index in [9.17, 15) is 0 Å². The van der Waals surface area contributed by atoms with Crippen LogP contribution in [0.25, 0.3) is 0 Å². The van der Waals surface area contributed by atoms with E-state index in [1.54, 1.807) is 0 Å². The van der Waals surface area contributed by atoms with Crippen LogP contribution >= 0.6 is 0 Å². The molecule has 0 bridgehead atoms. The van der Waals surface area contributed by atoms with Gasteiger partial charge in [0.1, 0.15) is 13.1 Å². The lowest BCUT2D eigenvalue weighted by molar-refractivity contribution is -0.585. The van der Waals surface area contributed by atoms with E-state index in [0.29, 0.717) is 13.1 Å². The van der Waals surface area contributed by atoms with Crippen molar-refractivity contribution in [3.8, 4) is 0 Å². The predicted octanol–water partition coefficient (Wildman–Crippen LogP) is -11.5. The average Bonchev–Trinajstić information content (AvgIpc) is 2.10. The normalized spacial score (nSPS) is 12.0. The molecule has 0 saturated carbocycles. The summed E-state index contributed by atoms with van der Waals surface area (Å²) in [4.78, 5) is 10.6. The van der Waals surface area contributed by atoms with Crippen molar-refractivity contribution in [3.05, 3.63) is 0 Å². The molecule has 10 heteroatoms. The summed E-state index contributed by atoms with van der Waals surface area (Å²) in [5.41, 5.74) is 31.6. The lowest BCUT2D eigenvalue weighted by Crippen LogP contribution is -3.02. The number of hydrogen-bond acceptors (Lipinski definition) is 0. The molecule has 0 aromatic heterocycles. The fourth-order valence-corrected chi connectivity index (χ4v) is 0.794. The third kappa shape index (κ3) is 8.10.